The van der Waals surface area contributed by atoms with E-state index in [4.69, 9.17) is 4.74 Å². The standard InChI is InChI=1S/C22H30O2/c1-4-24-22(23)18(3)10-8-9-17(2)19-13-15-21(16-14-19)20-11-6-5-7-12-20/h5-7,10-12,19,21H,2,4,8-9,13-16H2,1,3H3. The molecule has 2 nitrogen and oxygen atoms in total. The molecule has 1 aromatic rings. The molecule has 0 N–H and O–H groups in total. The van der Waals surface area contributed by atoms with E-state index >= 15 is 0 Å². The number of rotatable bonds is 7. The van der Waals surface area contributed by atoms with Crippen LogP contribution >= 0.6 is 0 Å². The minimum atomic E-state index is -0.202. The zero-order chi connectivity index (χ0) is 17.4. The van der Waals surface area contributed by atoms with Crippen molar-refractivity contribution in [2.75, 3.05) is 6.61 Å². The van der Waals surface area contributed by atoms with Gasteiger partial charge in [-0.3, -0.25) is 0 Å². The van der Waals surface area contributed by atoms with E-state index in [0.29, 0.717) is 24.0 Å². The van der Waals surface area contributed by atoms with Crippen LogP contribution in [0.15, 0.2) is 54.1 Å². The van der Waals surface area contributed by atoms with Gasteiger partial charge in [0.1, 0.15) is 0 Å². The maximum atomic E-state index is 11.6. The number of carbonyl (C=O) groups is 1. The van der Waals surface area contributed by atoms with Crippen LogP contribution in [0.4, 0.5) is 0 Å². The number of allylic oxidation sites excluding steroid dienone is 2. The lowest BCUT2D eigenvalue weighted by atomic mass is 9.75. The fraction of sp³-hybridized carbons (Fsp3) is 0.500. The zero-order valence-corrected chi connectivity index (χ0v) is 15.1. The number of ether oxygens (including phenoxy) is 1. The Kier molecular flexibility index (Phi) is 7.30. The van der Waals surface area contributed by atoms with Gasteiger partial charge in [0.2, 0.25) is 0 Å². The molecule has 1 fully saturated rings. The van der Waals surface area contributed by atoms with Crippen molar-refractivity contribution in [3.05, 3.63) is 59.7 Å². The van der Waals surface area contributed by atoms with E-state index in [1.54, 1.807) is 0 Å². The first-order valence-electron chi connectivity index (χ1n) is 9.18. The molecule has 0 atom stereocenters. The predicted octanol–water partition coefficient (Wildman–Crippen LogP) is 5.81. The minimum Gasteiger partial charge on any atom is -0.463 e. The van der Waals surface area contributed by atoms with Crippen LogP contribution in [0.3, 0.4) is 0 Å². The van der Waals surface area contributed by atoms with Gasteiger partial charge in [0.25, 0.3) is 0 Å². The summed E-state index contributed by atoms with van der Waals surface area (Å²) in [6.07, 6.45) is 8.81. The fourth-order valence-corrected chi connectivity index (χ4v) is 3.57. The lowest BCUT2D eigenvalue weighted by Gasteiger charge is -2.30. The van der Waals surface area contributed by atoms with Crippen molar-refractivity contribution in [1.29, 1.82) is 0 Å². The Hall–Kier alpha value is -1.83. The Morgan fingerprint density at radius 3 is 2.50 bits per heavy atom. The van der Waals surface area contributed by atoms with Gasteiger partial charge >= 0.3 is 5.97 Å². The molecule has 130 valence electrons. The number of hydrogen-bond donors (Lipinski definition) is 0. The highest BCUT2D eigenvalue weighted by Gasteiger charge is 2.23. The number of hydrogen-bond acceptors (Lipinski definition) is 2. The van der Waals surface area contributed by atoms with Crippen molar-refractivity contribution in [1.82, 2.24) is 0 Å². The van der Waals surface area contributed by atoms with Crippen LogP contribution in [-0.4, -0.2) is 12.6 Å². The molecule has 1 saturated carbocycles. The summed E-state index contributed by atoms with van der Waals surface area (Å²) in [4.78, 5) is 11.6. The van der Waals surface area contributed by atoms with Gasteiger partial charge in [0, 0.05) is 5.57 Å². The molecule has 0 spiro atoms. The summed E-state index contributed by atoms with van der Waals surface area (Å²) in [5.74, 6) is 1.15. The molecule has 0 bridgehead atoms. The summed E-state index contributed by atoms with van der Waals surface area (Å²) >= 11 is 0. The van der Waals surface area contributed by atoms with E-state index in [1.807, 2.05) is 19.9 Å². The fourth-order valence-electron chi connectivity index (χ4n) is 3.57. The normalized spacial score (nSPS) is 21.3. The first kappa shape index (κ1) is 18.5. The summed E-state index contributed by atoms with van der Waals surface area (Å²) < 4.78 is 5.00. The maximum Gasteiger partial charge on any atom is 0.333 e. The molecule has 0 unspecified atom stereocenters. The van der Waals surface area contributed by atoms with Gasteiger partial charge < -0.3 is 4.74 Å². The second kappa shape index (κ2) is 9.46. The lowest BCUT2D eigenvalue weighted by Crippen LogP contribution is -2.15. The molecular weight excluding hydrogens is 296 g/mol. The highest BCUT2D eigenvalue weighted by molar-refractivity contribution is 5.87. The Bertz CT molecular complexity index is 563. The summed E-state index contributed by atoms with van der Waals surface area (Å²) in [5, 5.41) is 0. The number of carbonyl (C=O) groups excluding carboxylic acids is 1. The van der Waals surface area contributed by atoms with Crippen molar-refractivity contribution < 1.29 is 9.53 Å². The third-order valence-corrected chi connectivity index (χ3v) is 5.09. The van der Waals surface area contributed by atoms with Gasteiger partial charge in [-0.1, -0.05) is 48.6 Å². The number of benzene rings is 1. The molecular formula is C22H30O2. The van der Waals surface area contributed by atoms with Crippen LogP contribution < -0.4 is 0 Å². The van der Waals surface area contributed by atoms with Gasteiger partial charge in [0.15, 0.2) is 0 Å². The SMILES string of the molecule is C=C(CCC=C(C)C(=O)OCC)C1CCC(c2ccccc2)CC1. The van der Waals surface area contributed by atoms with E-state index in [-0.39, 0.29) is 5.97 Å². The quantitative estimate of drug-likeness (QED) is 0.359. The average Bonchev–Trinajstić information content (AvgIpc) is 2.62. The Morgan fingerprint density at radius 1 is 1.21 bits per heavy atom. The molecule has 2 rings (SSSR count). The first-order valence-corrected chi connectivity index (χ1v) is 9.18. The summed E-state index contributed by atoms with van der Waals surface area (Å²) in [6, 6.07) is 10.9. The third-order valence-electron chi connectivity index (χ3n) is 5.09. The molecule has 2 heteroatoms. The molecule has 0 radical (unpaired) electrons. The number of esters is 1. The summed E-state index contributed by atoms with van der Waals surface area (Å²) in [5.41, 5.74) is 3.53. The molecule has 0 heterocycles. The highest BCUT2D eigenvalue weighted by atomic mass is 16.5. The topological polar surface area (TPSA) is 26.3 Å². The monoisotopic (exact) mass is 326 g/mol. The van der Waals surface area contributed by atoms with Crippen molar-refractivity contribution in [3.8, 4) is 0 Å². The van der Waals surface area contributed by atoms with Crippen LogP contribution in [0.5, 0.6) is 0 Å². The molecule has 0 saturated heterocycles. The van der Waals surface area contributed by atoms with E-state index in [9.17, 15) is 4.79 Å². The van der Waals surface area contributed by atoms with Crippen molar-refractivity contribution >= 4 is 5.97 Å². The van der Waals surface area contributed by atoms with Crippen LogP contribution in [0.25, 0.3) is 0 Å². The first-order chi connectivity index (χ1) is 11.6. The molecule has 1 aliphatic rings. The van der Waals surface area contributed by atoms with Gasteiger partial charge in [-0.05, 0) is 69.8 Å². The van der Waals surface area contributed by atoms with Crippen molar-refractivity contribution in [2.24, 2.45) is 5.92 Å². The Morgan fingerprint density at radius 2 is 1.88 bits per heavy atom. The average molecular weight is 326 g/mol. The van der Waals surface area contributed by atoms with Crippen molar-refractivity contribution in [3.63, 3.8) is 0 Å². The van der Waals surface area contributed by atoms with Gasteiger partial charge in [-0.25, -0.2) is 4.79 Å². The van der Waals surface area contributed by atoms with E-state index in [1.165, 1.54) is 36.8 Å². The molecule has 0 aromatic heterocycles. The maximum absolute atomic E-state index is 11.6. The minimum absolute atomic E-state index is 0.202. The molecule has 0 aliphatic heterocycles. The molecule has 1 aliphatic carbocycles. The Balaban J connectivity index is 1.75. The highest BCUT2D eigenvalue weighted by Crippen LogP contribution is 2.39. The third kappa shape index (κ3) is 5.36. The molecule has 0 amide bonds. The predicted molar refractivity (Wildman–Crippen MR) is 99.9 cm³/mol. The zero-order valence-electron chi connectivity index (χ0n) is 15.1. The smallest absolute Gasteiger partial charge is 0.333 e. The van der Waals surface area contributed by atoms with Crippen molar-refractivity contribution in [2.45, 2.75) is 58.3 Å². The van der Waals surface area contributed by atoms with Crippen LogP contribution in [0.2, 0.25) is 0 Å². The largest absolute Gasteiger partial charge is 0.463 e. The molecule has 24 heavy (non-hydrogen) atoms. The Labute approximate surface area is 146 Å². The van der Waals surface area contributed by atoms with E-state index in [2.05, 4.69) is 36.9 Å². The van der Waals surface area contributed by atoms with E-state index < -0.39 is 0 Å². The summed E-state index contributed by atoms with van der Waals surface area (Å²) in [7, 11) is 0. The lowest BCUT2D eigenvalue weighted by molar-refractivity contribution is -0.138. The van der Waals surface area contributed by atoms with Gasteiger partial charge in [0.05, 0.1) is 6.61 Å². The van der Waals surface area contributed by atoms with Crippen LogP contribution in [0.1, 0.15) is 63.9 Å². The van der Waals surface area contributed by atoms with Gasteiger partial charge in [-0.15, -0.1) is 0 Å². The second-order valence-corrected chi connectivity index (χ2v) is 6.76. The molecule has 1 aromatic carbocycles. The van der Waals surface area contributed by atoms with E-state index in [0.717, 1.165) is 12.8 Å². The van der Waals surface area contributed by atoms with Crippen LogP contribution in [-0.2, 0) is 9.53 Å². The van der Waals surface area contributed by atoms with Crippen LogP contribution in [0, 0.1) is 5.92 Å². The second-order valence-electron chi connectivity index (χ2n) is 6.76. The van der Waals surface area contributed by atoms with Gasteiger partial charge in [-0.2, -0.15) is 0 Å². The summed E-state index contributed by atoms with van der Waals surface area (Å²) in [6.45, 7) is 8.40.